The van der Waals surface area contributed by atoms with Gasteiger partial charge in [0, 0.05) is 11.7 Å². The summed E-state index contributed by atoms with van der Waals surface area (Å²) in [6, 6.07) is 6.39. The van der Waals surface area contributed by atoms with E-state index in [0.717, 1.165) is 25.7 Å². The molecule has 0 aromatic heterocycles. The zero-order valence-electron chi connectivity index (χ0n) is 17.0. The molecule has 2 aliphatic carbocycles. The number of rotatable bonds is 8. The number of benzene rings is 1. The number of sulfonamides is 1. The van der Waals surface area contributed by atoms with Crippen LogP contribution in [0.4, 0.5) is 5.69 Å². The predicted octanol–water partition coefficient (Wildman–Crippen LogP) is 3.54. The Hall–Kier alpha value is -1.44. The summed E-state index contributed by atoms with van der Waals surface area (Å²) < 4.78 is 33.3. The Bertz CT molecular complexity index is 789. The summed E-state index contributed by atoms with van der Waals surface area (Å²) in [6.45, 7) is 6.63. The first-order valence-electron chi connectivity index (χ1n) is 10.3. The minimum Gasteiger partial charge on any atom is -0.368 e. The van der Waals surface area contributed by atoms with Crippen LogP contribution >= 0.6 is 0 Å². The monoisotopic (exact) mass is 408 g/mol. The molecule has 1 aromatic rings. The number of anilines is 1. The summed E-state index contributed by atoms with van der Waals surface area (Å²) in [5, 5.41) is 2.76. The average molecular weight is 409 g/mol. The maximum atomic E-state index is 12.4. The molecule has 2 saturated carbocycles. The number of carbonyl (C=O) groups excluding carboxylic acids is 1. The van der Waals surface area contributed by atoms with Crippen LogP contribution in [0.15, 0.2) is 29.2 Å². The topological polar surface area (TPSA) is 84.5 Å². The van der Waals surface area contributed by atoms with Crippen LogP contribution in [0.3, 0.4) is 0 Å². The molecule has 7 heteroatoms. The Morgan fingerprint density at radius 3 is 2.64 bits per heavy atom. The third-order valence-electron chi connectivity index (χ3n) is 5.72. The van der Waals surface area contributed by atoms with Gasteiger partial charge in [-0.25, -0.2) is 13.1 Å². The third-order valence-corrected chi connectivity index (χ3v) is 7.24. The van der Waals surface area contributed by atoms with Crippen molar-refractivity contribution >= 4 is 21.6 Å². The fourth-order valence-corrected chi connectivity index (χ4v) is 5.27. The maximum absolute atomic E-state index is 12.4. The summed E-state index contributed by atoms with van der Waals surface area (Å²) in [5.74, 6) is 1.36. The molecule has 0 aliphatic heterocycles. The van der Waals surface area contributed by atoms with Gasteiger partial charge in [0.05, 0.1) is 11.0 Å². The van der Waals surface area contributed by atoms with E-state index in [2.05, 4.69) is 30.8 Å². The zero-order chi connectivity index (χ0) is 20.3. The van der Waals surface area contributed by atoms with E-state index in [0.29, 0.717) is 23.4 Å². The van der Waals surface area contributed by atoms with Crippen molar-refractivity contribution < 1.29 is 17.9 Å². The number of hydrogen-bond donors (Lipinski definition) is 2. The molecule has 0 radical (unpaired) electrons. The van der Waals surface area contributed by atoms with Crippen molar-refractivity contribution in [3.05, 3.63) is 24.3 Å². The van der Waals surface area contributed by atoms with E-state index >= 15 is 0 Å². The molecule has 3 rings (SSSR count). The van der Waals surface area contributed by atoms with Crippen LogP contribution < -0.4 is 10.0 Å². The van der Waals surface area contributed by atoms with Gasteiger partial charge in [0.2, 0.25) is 15.9 Å². The first-order valence-corrected chi connectivity index (χ1v) is 11.8. The second kappa shape index (κ2) is 8.93. The fraction of sp³-hybridized carbons (Fsp3) is 0.667. The number of carbonyl (C=O) groups is 1. The summed E-state index contributed by atoms with van der Waals surface area (Å²) in [6.07, 6.45) is 5.19. The molecule has 0 heterocycles. The molecular formula is C21H32N2O4S. The molecular weight excluding hydrogens is 376 g/mol. The molecule has 2 N–H and O–H groups in total. The number of ether oxygens (including phenoxy) is 1. The molecule has 0 saturated heterocycles. The molecule has 0 bridgehead atoms. The van der Waals surface area contributed by atoms with Crippen LogP contribution in [0.2, 0.25) is 0 Å². The van der Waals surface area contributed by atoms with Gasteiger partial charge in [-0.3, -0.25) is 4.79 Å². The van der Waals surface area contributed by atoms with Crippen LogP contribution in [0.5, 0.6) is 0 Å². The summed E-state index contributed by atoms with van der Waals surface area (Å²) in [4.78, 5) is 12.5. The lowest BCUT2D eigenvalue weighted by Crippen LogP contribution is -2.36. The minimum atomic E-state index is -3.54. The zero-order valence-corrected chi connectivity index (χ0v) is 17.8. The minimum absolute atomic E-state index is 0.0160. The first kappa shape index (κ1) is 21.3. The molecule has 28 heavy (non-hydrogen) atoms. The van der Waals surface area contributed by atoms with Crippen molar-refractivity contribution in [2.75, 3.05) is 11.9 Å². The van der Waals surface area contributed by atoms with Gasteiger partial charge in [-0.15, -0.1) is 0 Å². The van der Waals surface area contributed by atoms with E-state index in [-0.39, 0.29) is 29.6 Å². The molecule has 3 unspecified atom stereocenters. The van der Waals surface area contributed by atoms with Crippen LogP contribution in [-0.4, -0.2) is 33.1 Å². The van der Waals surface area contributed by atoms with Crippen LogP contribution in [-0.2, 0) is 19.6 Å². The van der Waals surface area contributed by atoms with Gasteiger partial charge in [-0.1, -0.05) is 33.3 Å². The Morgan fingerprint density at radius 2 is 1.96 bits per heavy atom. The second-order valence-electron chi connectivity index (χ2n) is 8.65. The summed E-state index contributed by atoms with van der Waals surface area (Å²) >= 11 is 0. The number of amides is 1. The standard InChI is InChI=1S/C21H32N2O4S/c1-14(2)19-10-7-15(3)11-20(19)27-13-21(24)22-17-5-4-6-18(12-17)28(25,26)23-16-8-9-16/h4-6,12,14-16,19-20,23H,7-11,13H2,1-3H3,(H,22,24). The Balaban J connectivity index is 1.56. The van der Waals surface area contributed by atoms with Crippen LogP contribution in [0.1, 0.15) is 52.9 Å². The van der Waals surface area contributed by atoms with Crippen molar-refractivity contribution in [3.63, 3.8) is 0 Å². The van der Waals surface area contributed by atoms with E-state index < -0.39 is 10.0 Å². The molecule has 1 amide bonds. The number of nitrogens with one attached hydrogen (secondary N) is 2. The maximum Gasteiger partial charge on any atom is 0.250 e. The molecule has 2 fully saturated rings. The van der Waals surface area contributed by atoms with Gasteiger partial charge in [-0.2, -0.15) is 0 Å². The Labute approximate surface area is 168 Å². The molecule has 0 spiro atoms. The SMILES string of the molecule is CC1CCC(C(C)C)C(OCC(=O)Nc2cccc(S(=O)(=O)NC3CC3)c2)C1. The highest BCUT2D eigenvalue weighted by Crippen LogP contribution is 2.35. The van der Waals surface area contributed by atoms with Gasteiger partial charge in [0.25, 0.3) is 0 Å². The van der Waals surface area contributed by atoms with Gasteiger partial charge >= 0.3 is 0 Å². The lowest BCUT2D eigenvalue weighted by molar-refractivity contribution is -0.126. The molecule has 156 valence electrons. The van der Waals surface area contributed by atoms with Crippen LogP contribution in [0.25, 0.3) is 0 Å². The van der Waals surface area contributed by atoms with E-state index in [9.17, 15) is 13.2 Å². The highest BCUT2D eigenvalue weighted by atomic mass is 32.2. The van der Waals surface area contributed by atoms with Crippen molar-refractivity contribution in [1.29, 1.82) is 0 Å². The number of hydrogen-bond acceptors (Lipinski definition) is 4. The largest absolute Gasteiger partial charge is 0.368 e. The Morgan fingerprint density at radius 1 is 1.21 bits per heavy atom. The summed E-state index contributed by atoms with van der Waals surface area (Å²) in [5.41, 5.74) is 0.463. The molecule has 1 aromatic carbocycles. The third kappa shape index (κ3) is 5.78. The lowest BCUT2D eigenvalue weighted by atomic mass is 9.75. The van der Waals surface area contributed by atoms with Crippen LogP contribution in [0, 0.1) is 17.8 Å². The predicted molar refractivity (Wildman–Crippen MR) is 109 cm³/mol. The van der Waals surface area contributed by atoms with E-state index in [1.165, 1.54) is 18.6 Å². The van der Waals surface area contributed by atoms with Gasteiger partial charge in [0.1, 0.15) is 6.61 Å². The van der Waals surface area contributed by atoms with Gasteiger partial charge in [0.15, 0.2) is 0 Å². The second-order valence-corrected chi connectivity index (χ2v) is 10.4. The average Bonchev–Trinajstić information content (AvgIpc) is 3.43. The first-order chi connectivity index (χ1) is 13.2. The Kier molecular flexibility index (Phi) is 6.78. The quantitative estimate of drug-likeness (QED) is 0.689. The van der Waals surface area contributed by atoms with Crippen molar-refractivity contribution in [2.24, 2.45) is 17.8 Å². The fourth-order valence-electron chi connectivity index (χ4n) is 3.92. The molecule has 2 aliphatic rings. The van der Waals surface area contributed by atoms with Crippen molar-refractivity contribution in [2.45, 2.75) is 69.9 Å². The summed E-state index contributed by atoms with van der Waals surface area (Å²) in [7, 11) is -3.54. The lowest BCUT2D eigenvalue weighted by Gasteiger charge is -2.37. The van der Waals surface area contributed by atoms with Gasteiger partial charge < -0.3 is 10.1 Å². The highest BCUT2D eigenvalue weighted by Gasteiger charge is 2.32. The normalized spacial score (nSPS) is 25.6. The van der Waals surface area contributed by atoms with E-state index in [1.54, 1.807) is 12.1 Å². The van der Waals surface area contributed by atoms with Gasteiger partial charge in [-0.05, 0) is 61.6 Å². The van der Waals surface area contributed by atoms with E-state index in [4.69, 9.17) is 4.74 Å². The molecule has 6 nitrogen and oxygen atoms in total. The van der Waals surface area contributed by atoms with Crippen molar-refractivity contribution in [3.8, 4) is 0 Å². The smallest absolute Gasteiger partial charge is 0.250 e. The highest BCUT2D eigenvalue weighted by molar-refractivity contribution is 7.89. The van der Waals surface area contributed by atoms with E-state index in [1.807, 2.05) is 0 Å². The van der Waals surface area contributed by atoms with Crippen molar-refractivity contribution in [1.82, 2.24) is 4.72 Å². The molecule has 3 atom stereocenters.